The van der Waals surface area contributed by atoms with Crippen molar-refractivity contribution in [2.75, 3.05) is 5.32 Å². The van der Waals surface area contributed by atoms with E-state index in [4.69, 9.17) is 9.26 Å². The van der Waals surface area contributed by atoms with Gasteiger partial charge in [0, 0.05) is 5.69 Å². The van der Waals surface area contributed by atoms with Crippen LogP contribution in [-0.2, 0) is 0 Å². The highest BCUT2D eigenvalue weighted by molar-refractivity contribution is 6.13. The molecule has 8 heteroatoms. The summed E-state index contributed by atoms with van der Waals surface area (Å²) in [6.07, 6.45) is -0.151. The first-order valence-corrected chi connectivity index (χ1v) is 9.29. The van der Waals surface area contributed by atoms with E-state index in [-0.39, 0.29) is 29.0 Å². The quantitative estimate of drug-likeness (QED) is 0.634. The van der Waals surface area contributed by atoms with Gasteiger partial charge in [-0.2, -0.15) is 0 Å². The summed E-state index contributed by atoms with van der Waals surface area (Å²) in [4.78, 5) is 29.0. The van der Waals surface area contributed by atoms with Crippen molar-refractivity contribution in [2.24, 2.45) is 0 Å². The average Bonchev–Trinajstić information content (AvgIpc) is 3.02. The van der Waals surface area contributed by atoms with E-state index in [0.717, 1.165) is 0 Å². The molecule has 0 spiro atoms. The van der Waals surface area contributed by atoms with E-state index in [9.17, 15) is 14.7 Å². The SMILES string of the molecule is Cc1noc2nc(C(C)C)cc(C(=O)Nc3cc(C(=O)O)ccc3OC(C)C)c12. The molecule has 0 atom stereocenters. The van der Waals surface area contributed by atoms with E-state index in [1.807, 2.05) is 27.7 Å². The molecule has 29 heavy (non-hydrogen) atoms. The molecule has 2 aromatic heterocycles. The molecular formula is C21H23N3O5. The highest BCUT2D eigenvalue weighted by Crippen LogP contribution is 2.30. The number of nitrogens with zero attached hydrogens (tertiary/aromatic N) is 2. The number of carbonyl (C=O) groups excluding carboxylic acids is 1. The Morgan fingerprint density at radius 1 is 1.17 bits per heavy atom. The Morgan fingerprint density at radius 2 is 1.90 bits per heavy atom. The molecule has 0 unspecified atom stereocenters. The van der Waals surface area contributed by atoms with E-state index in [0.29, 0.717) is 28.1 Å². The van der Waals surface area contributed by atoms with E-state index >= 15 is 0 Å². The van der Waals surface area contributed by atoms with Crippen molar-refractivity contribution in [3.8, 4) is 5.75 Å². The van der Waals surface area contributed by atoms with Crippen LogP contribution in [0.3, 0.4) is 0 Å². The number of carboxylic acid groups (broad SMARTS) is 1. The first kappa shape index (κ1) is 20.3. The van der Waals surface area contributed by atoms with E-state index in [2.05, 4.69) is 15.5 Å². The molecule has 0 saturated carbocycles. The maximum Gasteiger partial charge on any atom is 0.335 e. The minimum Gasteiger partial charge on any atom is -0.489 e. The fourth-order valence-electron chi connectivity index (χ4n) is 2.90. The number of pyridine rings is 1. The molecule has 0 radical (unpaired) electrons. The number of fused-ring (bicyclic) bond motifs is 1. The van der Waals surface area contributed by atoms with Crippen LogP contribution in [0.5, 0.6) is 5.75 Å². The van der Waals surface area contributed by atoms with Gasteiger partial charge in [0.15, 0.2) is 0 Å². The smallest absolute Gasteiger partial charge is 0.335 e. The highest BCUT2D eigenvalue weighted by Gasteiger charge is 2.21. The highest BCUT2D eigenvalue weighted by atomic mass is 16.5. The summed E-state index contributed by atoms with van der Waals surface area (Å²) < 4.78 is 11.0. The van der Waals surface area contributed by atoms with Crippen molar-refractivity contribution >= 4 is 28.7 Å². The van der Waals surface area contributed by atoms with Gasteiger partial charge in [-0.25, -0.2) is 9.78 Å². The molecule has 0 bridgehead atoms. The van der Waals surface area contributed by atoms with Crippen molar-refractivity contribution in [1.29, 1.82) is 0 Å². The monoisotopic (exact) mass is 397 g/mol. The summed E-state index contributed by atoms with van der Waals surface area (Å²) in [5, 5.41) is 16.5. The number of carboxylic acids is 1. The number of nitrogens with one attached hydrogen (secondary N) is 1. The normalized spacial score (nSPS) is 11.3. The van der Waals surface area contributed by atoms with Crippen molar-refractivity contribution in [3.63, 3.8) is 0 Å². The third-order valence-corrected chi connectivity index (χ3v) is 4.31. The summed E-state index contributed by atoms with van der Waals surface area (Å²) in [7, 11) is 0. The molecule has 152 valence electrons. The van der Waals surface area contributed by atoms with Crippen LogP contribution in [0.4, 0.5) is 5.69 Å². The number of benzene rings is 1. The Balaban J connectivity index is 2.07. The van der Waals surface area contributed by atoms with Crippen LogP contribution in [0.2, 0.25) is 0 Å². The fourth-order valence-corrected chi connectivity index (χ4v) is 2.90. The first-order valence-electron chi connectivity index (χ1n) is 9.29. The summed E-state index contributed by atoms with van der Waals surface area (Å²) in [5.41, 5.74) is 2.20. The second-order valence-corrected chi connectivity index (χ2v) is 7.33. The standard InChI is InChI=1S/C21H23N3O5/c1-10(2)15-9-14(18-12(5)24-29-20(18)23-15)19(25)22-16-8-13(21(26)27)6-7-17(16)28-11(3)4/h6-11H,1-5H3,(H,22,25)(H,26,27). The molecule has 1 aromatic carbocycles. The average molecular weight is 397 g/mol. The number of aromatic carboxylic acids is 1. The molecule has 2 N–H and O–H groups in total. The Bertz CT molecular complexity index is 1090. The van der Waals surface area contributed by atoms with Gasteiger partial charge >= 0.3 is 5.97 Å². The topological polar surface area (TPSA) is 115 Å². The lowest BCUT2D eigenvalue weighted by Gasteiger charge is -2.16. The van der Waals surface area contributed by atoms with Crippen LogP contribution in [0, 0.1) is 6.92 Å². The molecule has 3 aromatic rings. The number of ether oxygens (including phenoxy) is 1. The number of anilines is 1. The largest absolute Gasteiger partial charge is 0.489 e. The Morgan fingerprint density at radius 3 is 2.52 bits per heavy atom. The maximum atomic E-state index is 13.2. The van der Waals surface area contributed by atoms with Gasteiger partial charge in [0.1, 0.15) is 5.75 Å². The van der Waals surface area contributed by atoms with Crippen LogP contribution in [0.15, 0.2) is 28.8 Å². The van der Waals surface area contributed by atoms with Gasteiger partial charge < -0.3 is 19.7 Å². The molecule has 0 aliphatic carbocycles. The molecule has 8 nitrogen and oxygen atoms in total. The van der Waals surface area contributed by atoms with Crippen LogP contribution in [-0.4, -0.2) is 33.2 Å². The summed E-state index contributed by atoms with van der Waals surface area (Å²) in [5.74, 6) is -1.07. The number of hydrogen-bond acceptors (Lipinski definition) is 6. The van der Waals surface area contributed by atoms with Crippen LogP contribution in [0.1, 0.15) is 65.7 Å². The summed E-state index contributed by atoms with van der Waals surface area (Å²) in [6, 6.07) is 6.05. The minimum absolute atomic E-state index is 0.0420. The van der Waals surface area contributed by atoms with Crippen molar-refractivity contribution < 1.29 is 24.0 Å². The van der Waals surface area contributed by atoms with E-state index < -0.39 is 11.9 Å². The summed E-state index contributed by atoms with van der Waals surface area (Å²) >= 11 is 0. The van der Waals surface area contributed by atoms with Gasteiger partial charge in [-0.05, 0) is 51.0 Å². The molecule has 0 aliphatic heterocycles. The van der Waals surface area contributed by atoms with Crippen LogP contribution in [0.25, 0.3) is 11.1 Å². The van der Waals surface area contributed by atoms with Crippen molar-refractivity contribution in [1.82, 2.24) is 10.1 Å². The van der Waals surface area contributed by atoms with Crippen LogP contribution >= 0.6 is 0 Å². The zero-order valence-electron chi connectivity index (χ0n) is 16.9. The number of aryl methyl sites for hydroxylation is 1. The van der Waals surface area contributed by atoms with E-state index in [1.54, 1.807) is 13.0 Å². The maximum absolute atomic E-state index is 13.2. The second-order valence-electron chi connectivity index (χ2n) is 7.33. The number of rotatable bonds is 6. The zero-order chi connectivity index (χ0) is 21.3. The second kappa shape index (κ2) is 7.90. The van der Waals surface area contributed by atoms with Gasteiger partial charge in [-0.1, -0.05) is 19.0 Å². The molecule has 2 heterocycles. The Labute approximate surface area is 167 Å². The molecule has 0 saturated heterocycles. The molecule has 0 fully saturated rings. The molecule has 0 aliphatic rings. The Kier molecular flexibility index (Phi) is 5.54. The lowest BCUT2D eigenvalue weighted by Crippen LogP contribution is -2.16. The number of amides is 1. The summed E-state index contributed by atoms with van der Waals surface area (Å²) in [6.45, 7) is 9.35. The third-order valence-electron chi connectivity index (χ3n) is 4.31. The van der Waals surface area contributed by atoms with Gasteiger partial charge in [0.05, 0.1) is 34.0 Å². The predicted molar refractivity (Wildman–Crippen MR) is 108 cm³/mol. The Hall–Kier alpha value is -3.42. The molecule has 3 rings (SSSR count). The van der Waals surface area contributed by atoms with Gasteiger partial charge in [0.2, 0.25) is 0 Å². The molecule has 1 amide bonds. The number of hydrogen-bond donors (Lipinski definition) is 2. The van der Waals surface area contributed by atoms with E-state index in [1.165, 1.54) is 18.2 Å². The van der Waals surface area contributed by atoms with Gasteiger partial charge in [0.25, 0.3) is 11.6 Å². The lowest BCUT2D eigenvalue weighted by atomic mass is 10.0. The molecular weight excluding hydrogens is 374 g/mol. The van der Waals surface area contributed by atoms with Crippen LogP contribution < -0.4 is 10.1 Å². The number of carbonyl (C=O) groups is 2. The lowest BCUT2D eigenvalue weighted by molar-refractivity contribution is 0.0696. The van der Waals surface area contributed by atoms with Gasteiger partial charge in [-0.3, -0.25) is 4.79 Å². The predicted octanol–water partition coefficient (Wildman–Crippen LogP) is 4.39. The van der Waals surface area contributed by atoms with Crippen molar-refractivity contribution in [2.45, 2.75) is 46.6 Å². The first-order chi connectivity index (χ1) is 13.7. The minimum atomic E-state index is -1.10. The zero-order valence-corrected chi connectivity index (χ0v) is 16.9. The number of aromatic nitrogens is 2. The van der Waals surface area contributed by atoms with Gasteiger partial charge in [-0.15, -0.1) is 0 Å². The fraction of sp³-hybridized carbons (Fsp3) is 0.333. The third kappa shape index (κ3) is 4.21. The van der Waals surface area contributed by atoms with Crippen molar-refractivity contribution in [3.05, 3.63) is 46.8 Å².